The van der Waals surface area contributed by atoms with Crippen molar-refractivity contribution in [1.82, 2.24) is 5.32 Å². The summed E-state index contributed by atoms with van der Waals surface area (Å²) >= 11 is 0. The molecule has 0 fully saturated rings. The minimum Gasteiger partial charge on any atom is -0.493 e. The van der Waals surface area contributed by atoms with Crippen molar-refractivity contribution < 1.29 is 19.1 Å². The van der Waals surface area contributed by atoms with E-state index in [0.29, 0.717) is 28.3 Å². The first kappa shape index (κ1) is 21.6. The van der Waals surface area contributed by atoms with E-state index in [1.54, 1.807) is 54.6 Å². The zero-order valence-electron chi connectivity index (χ0n) is 17.6. The molecule has 0 aromatic heterocycles. The Morgan fingerprint density at radius 3 is 2.29 bits per heavy atom. The first-order valence-corrected chi connectivity index (χ1v) is 9.69. The number of methoxy groups -OCH3 is 2. The number of hydrogen-bond acceptors (Lipinski definition) is 4. The number of carbonyl (C=O) groups is 2. The average Bonchev–Trinajstić information content (AvgIpc) is 2.78. The van der Waals surface area contributed by atoms with Gasteiger partial charge in [0.2, 0.25) is 0 Å². The molecule has 6 heteroatoms. The van der Waals surface area contributed by atoms with Gasteiger partial charge in [-0.1, -0.05) is 42.5 Å². The van der Waals surface area contributed by atoms with Crippen LogP contribution in [0.1, 0.15) is 21.5 Å². The molecule has 3 aromatic carbocycles. The fourth-order valence-electron chi connectivity index (χ4n) is 3.04. The Hall–Kier alpha value is -4.06. The van der Waals surface area contributed by atoms with E-state index < -0.39 is 11.8 Å². The first-order chi connectivity index (χ1) is 15.0. The third-order valence-electron chi connectivity index (χ3n) is 4.54. The minimum atomic E-state index is -0.459. The maximum atomic E-state index is 13.1. The lowest BCUT2D eigenvalue weighted by molar-refractivity contribution is -0.113. The predicted molar refractivity (Wildman–Crippen MR) is 121 cm³/mol. The van der Waals surface area contributed by atoms with Crippen molar-refractivity contribution in [2.75, 3.05) is 19.5 Å². The van der Waals surface area contributed by atoms with Crippen LogP contribution in [0, 0.1) is 6.92 Å². The van der Waals surface area contributed by atoms with Crippen molar-refractivity contribution in [3.05, 3.63) is 95.2 Å². The van der Waals surface area contributed by atoms with E-state index >= 15 is 0 Å². The highest BCUT2D eigenvalue weighted by Gasteiger charge is 2.17. The minimum absolute atomic E-state index is 0.0712. The molecule has 0 radical (unpaired) electrons. The Labute approximate surface area is 181 Å². The first-order valence-electron chi connectivity index (χ1n) is 9.69. The summed E-state index contributed by atoms with van der Waals surface area (Å²) in [4.78, 5) is 25.8. The average molecular weight is 416 g/mol. The molecule has 0 aliphatic rings. The third kappa shape index (κ3) is 5.51. The largest absolute Gasteiger partial charge is 0.493 e. The summed E-state index contributed by atoms with van der Waals surface area (Å²) in [6.07, 6.45) is 1.56. The number of para-hydroxylation sites is 1. The summed E-state index contributed by atoms with van der Waals surface area (Å²) in [6.45, 7) is 1.94. The van der Waals surface area contributed by atoms with Gasteiger partial charge < -0.3 is 20.1 Å². The molecular formula is C25H24N2O4. The monoisotopic (exact) mass is 416 g/mol. The van der Waals surface area contributed by atoms with Gasteiger partial charge in [-0.25, -0.2) is 0 Å². The van der Waals surface area contributed by atoms with Gasteiger partial charge in [0, 0.05) is 16.8 Å². The molecule has 0 heterocycles. The summed E-state index contributed by atoms with van der Waals surface area (Å²) in [5, 5.41) is 5.55. The maximum absolute atomic E-state index is 13.1. The summed E-state index contributed by atoms with van der Waals surface area (Å²) in [5.41, 5.74) is 2.73. The van der Waals surface area contributed by atoms with Crippen molar-refractivity contribution in [2.45, 2.75) is 6.92 Å². The Kier molecular flexibility index (Phi) is 7.06. The molecule has 2 N–H and O–H groups in total. The SMILES string of the molecule is COc1cccc(C=C(NC(=O)c2ccccc2)C(=O)Nc2cccc(C)c2)c1OC. The quantitative estimate of drug-likeness (QED) is 0.559. The number of aryl methyl sites for hydroxylation is 1. The summed E-state index contributed by atoms with van der Waals surface area (Å²) < 4.78 is 10.8. The van der Waals surface area contributed by atoms with Crippen molar-refractivity contribution in [3.63, 3.8) is 0 Å². The zero-order chi connectivity index (χ0) is 22.2. The molecule has 0 bridgehead atoms. The Balaban J connectivity index is 1.98. The molecule has 158 valence electrons. The molecule has 0 unspecified atom stereocenters. The highest BCUT2D eigenvalue weighted by Crippen LogP contribution is 2.32. The summed E-state index contributed by atoms with van der Waals surface area (Å²) in [5.74, 6) is 0.122. The van der Waals surface area contributed by atoms with Crippen LogP contribution in [0.25, 0.3) is 6.08 Å². The molecule has 0 aliphatic carbocycles. The van der Waals surface area contributed by atoms with Crippen molar-refractivity contribution in [3.8, 4) is 11.5 Å². The second kappa shape index (κ2) is 10.1. The summed E-state index contributed by atoms with van der Waals surface area (Å²) in [7, 11) is 3.05. The lowest BCUT2D eigenvalue weighted by atomic mass is 10.1. The van der Waals surface area contributed by atoms with Crippen LogP contribution in [0.4, 0.5) is 5.69 Å². The smallest absolute Gasteiger partial charge is 0.272 e. The van der Waals surface area contributed by atoms with Crippen molar-refractivity contribution in [2.24, 2.45) is 0 Å². The van der Waals surface area contributed by atoms with E-state index in [-0.39, 0.29) is 5.70 Å². The second-order valence-corrected chi connectivity index (χ2v) is 6.78. The van der Waals surface area contributed by atoms with Crippen LogP contribution >= 0.6 is 0 Å². The predicted octanol–water partition coefficient (Wildman–Crippen LogP) is 4.42. The highest BCUT2D eigenvalue weighted by molar-refractivity contribution is 6.10. The van der Waals surface area contributed by atoms with Crippen LogP contribution < -0.4 is 20.1 Å². The van der Waals surface area contributed by atoms with Gasteiger partial charge >= 0.3 is 0 Å². The standard InChI is InChI=1S/C25H24N2O4/c1-17-9-7-13-20(15-17)26-25(29)21(27-24(28)18-10-5-4-6-11-18)16-19-12-8-14-22(30-2)23(19)31-3/h4-16H,1-3H3,(H,26,29)(H,27,28). The number of carbonyl (C=O) groups excluding carboxylic acids is 2. The van der Waals surface area contributed by atoms with Crippen LogP contribution in [0.5, 0.6) is 11.5 Å². The molecule has 6 nitrogen and oxygen atoms in total. The fraction of sp³-hybridized carbons (Fsp3) is 0.120. The second-order valence-electron chi connectivity index (χ2n) is 6.78. The van der Waals surface area contributed by atoms with E-state index in [2.05, 4.69) is 10.6 Å². The van der Waals surface area contributed by atoms with E-state index in [1.165, 1.54) is 14.2 Å². The lowest BCUT2D eigenvalue weighted by Gasteiger charge is -2.14. The lowest BCUT2D eigenvalue weighted by Crippen LogP contribution is -2.30. The number of benzene rings is 3. The van der Waals surface area contributed by atoms with Gasteiger partial charge in [0.05, 0.1) is 14.2 Å². The van der Waals surface area contributed by atoms with Crippen LogP contribution in [-0.2, 0) is 4.79 Å². The van der Waals surface area contributed by atoms with E-state index in [1.807, 2.05) is 31.2 Å². The van der Waals surface area contributed by atoms with E-state index in [9.17, 15) is 9.59 Å². The van der Waals surface area contributed by atoms with Gasteiger partial charge in [-0.2, -0.15) is 0 Å². The molecule has 3 rings (SSSR count). The molecule has 0 aliphatic heterocycles. The van der Waals surface area contributed by atoms with Crippen LogP contribution in [0.15, 0.2) is 78.5 Å². The van der Waals surface area contributed by atoms with Crippen LogP contribution in [0.3, 0.4) is 0 Å². The fourth-order valence-corrected chi connectivity index (χ4v) is 3.04. The Bertz CT molecular complexity index is 1110. The highest BCUT2D eigenvalue weighted by atomic mass is 16.5. The molecule has 0 saturated heterocycles. The molecule has 31 heavy (non-hydrogen) atoms. The van der Waals surface area contributed by atoms with Gasteiger partial charge in [-0.15, -0.1) is 0 Å². The van der Waals surface area contributed by atoms with Gasteiger partial charge in [-0.05, 0) is 48.9 Å². The number of hydrogen-bond donors (Lipinski definition) is 2. The number of nitrogens with one attached hydrogen (secondary N) is 2. The van der Waals surface area contributed by atoms with Crippen molar-refractivity contribution >= 4 is 23.6 Å². The Morgan fingerprint density at radius 1 is 0.871 bits per heavy atom. The number of ether oxygens (including phenoxy) is 2. The summed E-state index contributed by atoms with van der Waals surface area (Å²) in [6, 6.07) is 21.4. The van der Waals surface area contributed by atoms with Crippen molar-refractivity contribution in [1.29, 1.82) is 0 Å². The molecular weight excluding hydrogens is 392 g/mol. The molecule has 0 saturated carbocycles. The third-order valence-corrected chi connectivity index (χ3v) is 4.54. The number of amides is 2. The van der Waals surface area contributed by atoms with Gasteiger partial charge in [-0.3, -0.25) is 9.59 Å². The zero-order valence-corrected chi connectivity index (χ0v) is 17.6. The van der Waals surface area contributed by atoms with Gasteiger partial charge in [0.15, 0.2) is 11.5 Å². The maximum Gasteiger partial charge on any atom is 0.272 e. The molecule has 0 atom stereocenters. The topological polar surface area (TPSA) is 76.7 Å². The van der Waals surface area contributed by atoms with E-state index in [0.717, 1.165) is 5.56 Å². The van der Waals surface area contributed by atoms with Gasteiger partial charge in [0.1, 0.15) is 5.70 Å². The molecule has 2 amide bonds. The van der Waals surface area contributed by atoms with Crippen LogP contribution in [0.2, 0.25) is 0 Å². The van der Waals surface area contributed by atoms with Crippen LogP contribution in [-0.4, -0.2) is 26.0 Å². The van der Waals surface area contributed by atoms with E-state index in [4.69, 9.17) is 9.47 Å². The molecule has 3 aromatic rings. The van der Waals surface area contributed by atoms with Gasteiger partial charge in [0.25, 0.3) is 11.8 Å². The Morgan fingerprint density at radius 2 is 1.61 bits per heavy atom. The molecule has 0 spiro atoms. The number of anilines is 1. The normalized spacial score (nSPS) is 10.9. The number of rotatable bonds is 7.